The lowest BCUT2D eigenvalue weighted by molar-refractivity contribution is 0.0953. The lowest BCUT2D eigenvalue weighted by atomic mass is 10.1. The number of rotatable bonds is 6. The number of nitrogens with one attached hydrogen (secondary N) is 3. The van der Waals surface area contributed by atoms with Crippen molar-refractivity contribution in [2.45, 2.75) is 19.9 Å². The highest BCUT2D eigenvalue weighted by atomic mass is 16.5. The van der Waals surface area contributed by atoms with Gasteiger partial charge in [0.25, 0.3) is 5.91 Å². The van der Waals surface area contributed by atoms with Crippen molar-refractivity contribution in [1.29, 1.82) is 0 Å². The van der Waals surface area contributed by atoms with E-state index in [1.807, 2.05) is 32.0 Å². The Morgan fingerprint density at radius 3 is 2.62 bits per heavy atom. The van der Waals surface area contributed by atoms with Crippen molar-refractivity contribution in [3.63, 3.8) is 0 Å². The number of amides is 3. The molecule has 2 aromatic rings. The first-order valence-corrected chi connectivity index (χ1v) is 7.76. The molecule has 1 heterocycles. The second-order valence-electron chi connectivity index (χ2n) is 5.59. The third kappa shape index (κ3) is 4.84. The Morgan fingerprint density at radius 1 is 1.17 bits per heavy atom. The van der Waals surface area contributed by atoms with Gasteiger partial charge in [0.15, 0.2) is 0 Å². The summed E-state index contributed by atoms with van der Waals surface area (Å²) in [5.74, 6) is 0.490. The zero-order valence-electron chi connectivity index (χ0n) is 14.1. The van der Waals surface area contributed by atoms with E-state index in [0.717, 1.165) is 16.7 Å². The Bertz CT molecular complexity index is 731. The Hall–Kier alpha value is -2.83. The molecule has 0 saturated heterocycles. The molecule has 0 aliphatic rings. The fraction of sp³-hybridized carbons (Fsp3) is 0.353. The average Bonchev–Trinajstić information content (AvgIpc) is 2.56. The van der Waals surface area contributed by atoms with E-state index in [1.54, 1.807) is 13.2 Å². The highest BCUT2D eigenvalue weighted by Gasteiger charge is 2.08. The average molecular weight is 330 g/mol. The van der Waals surface area contributed by atoms with E-state index in [9.17, 15) is 9.59 Å². The SMILES string of the molecule is COc1ccc2cc(C(=O)NCCNC(=O)NC(C)C)cnc2c1. The molecule has 128 valence electrons. The van der Waals surface area contributed by atoms with Crippen LogP contribution < -0.4 is 20.7 Å². The smallest absolute Gasteiger partial charge is 0.315 e. The maximum absolute atomic E-state index is 12.1. The molecule has 0 unspecified atom stereocenters. The quantitative estimate of drug-likeness (QED) is 0.703. The van der Waals surface area contributed by atoms with Crippen molar-refractivity contribution >= 4 is 22.8 Å². The second kappa shape index (κ2) is 8.14. The summed E-state index contributed by atoms with van der Waals surface area (Å²) in [5.41, 5.74) is 1.23. The van der Waals surface area contributed by atoms with Crippen LogP contribution in [0.5, 0.6) is 5.75 Å². The highest BCUT2D eigenvalue weighted by Crippen LogP contribution is 2.19. The number of carbonyl (C=O) groups excluding carboxylic acids is 2. The minimum Gasteiger partial charge on any atom is -0.497 e. The molecule has 0 fully saturated rings. The summed E-state index contributed by atoms with van der Waals surface area (Å²) < 4.78 is 5.15. The van der Waals surface area contributed by atoms with Gasteiger partial charge < -0.3 is 20.7 Å². The molecule has 3 N–H and O–H groups in total. The Labute approximate surface area is 140 Å². The molecule has 7 nitrogen and oxygen atoms in total. The van der Waals surface area contributed by atoms with Gasteiger partial charge in [-0.05, 0) is 32.0 Å². The molecular formula is C17H22N4O3. The number of benzene rings is 1. The van der Waals surface area contributed by atoms with Crippen LogP contribution in [0.3, 0.4) is 0 Å². The number of hydrogen-bond donors (Lipinski definition) is 3. The minimum atomic E-state index is -0.249. The zero-order chi connectivity index (χ0) is 17.5. The van der Waals surface area contributed by atoms with Crippen LogP contribution >= 0.6 is 0 Å². The Balaban J connectivity index is 1.88. The molecular weight excluding hydrogens is 308 g/mol. The summed E-state index contributed by atoms with van der Waals surface area (Å²) in [5, 5.41) is 8.99. The molecule has 1 aromatic heterocycles. The van der Waals surface area contributed by atoms with Crippen molar-refractivity contribution in [2.75, 3.05) is 20.2 Å². The molecule has 0 atom stereocenters. The van der Waals surface area contributed by atoms with Gasteiger partial charge in [-0.3, -0.25) is 9.78 Å². The molecule has 0 bridgehead atoms. The van der Waals surface area contributed by atoms with Crippen LogP contribution in [0, 0.1) is 0 Å². The van der Waals surface area contributed by atoms with Crippen LogP contribution in [0.4, 0.5) is 4.79 Å². The molecule has 7 heteroatoms. The first kappa shape index (κ1) is 17.5. The predicted molar refractivity (Wildman–Crippen MR) is 92.3 cm³/mol. The van der Waals surface area contributed by atoms with E-state index in [2.05, 4.69) is 20.9 Å². The van der Waals surface area contributed by atoms with Gasteiger partial charge in [0.1, 0.15) is 5.75 Å². The van der Waals surface area contributed by atoms with Crippen molar-refractivity contribution in [2.24, 2.45) is 0 Å². The molecule has 3 amide bonds. The van der Waals surface area contributed by atoms with Crippen LogP contribution in [0.2, 0.25) is 0 Å². The standard InChI is InChI=1S/C17H22N4O3/c1-11(2)21-17(23)19-7-6-18-16(22)13-8-12-4-5-14(24-3)9-15(12)20-10-13/h4-5,8-11H,6-7H2,1-3H3,(H,18,22)(H2,19,21,23). The van der Waals surface area contributed by atoms with Gasteiger partial charge in [-0.2, -0.15) is 0 Å². The van der Waals surface area contributed by atoms with Crippen molar-refractivity contribution in [3.05, 3.63) is 36.0 Å². The molecule has 2 rings (SSSR count). The number of carbonyl (C=O) groups is 2. The van der Waals surface area contributed by atoms with Crippen LogP contribution in [0.15, 0.2) is 30.5 Å². The van der Waals surface area contributed by atoms with Gasteiger partial charge in [-0.25, -0.2) is 4.79 Å². The van der Waals surface area contributed by atoms with Crippen molar-refractivity contribution in [3.8, 4) is 5.75 Å². The minimum absolute atomic E-state index is 0.0712. The third-order valence-electron chi connectivity index (χ3n) is 3.27. The Morgan fingerprint density at radius 2 is 1.92 bits per heavy atom. The lowest BCUT2D eigenvalue weighted by Gasteiger charge is -2.10. The van der Waals surface area contributed by atoms with Gasteiger partial charge in [-0.1, -0.05) is 0 Å². The Kier molecular flexibility index (Phi) is 5.95. The first-order valence-electron chi connectivity index (χ1n) is 7.76. The number of urea groups is 1. The molecule has 0 spiro atoms. The van der Waals surface area contributed by atoms with Gasteiger partial charge in [0.2, 0.25) is 0 Å². The van der Waals surface area contributed by atoms with Crippen LogP contribution in [0.25, 0.3) is 10.9 Å². The van der Waals surface area contributed by atoms with Crippen molar-refractivity contribution < 1.29 is 14.3 Å². The van der Waals surface area contributed by atoms with Gasteiger partial charge in [-0.15, -0.1) is 0 Å². The number of hydrogen-bond acceptors (Lipinski definition) is 4. The summed E-state index contributed by atoms with van der Waals surface area (Å²) >= 11 is 0. The second-order valence-corrected chi connectivity index (χ2v) is 5.59. The van der Waals surface area contributed by atoms with Crippen LogP contribution in [-0.4, -0.2) is 43.2 Å². The number of aromatic nitrogens is 1. The van der Waals surface area contributed by atoms with E-state index < -0.39 is 0 Å². The third-order valence-corrected chi connectivity index (χ3v) is 3.27. The molecule has 1 aromatic carbocycles. The first-order chi connectivity index (χ1) is 11.5. The summed E-state index contributed by atoms with van der Waals surface area (Å²) in [7, 11) is 1.60. The van der Waals surface area contributed by atoms with Gasteiger partial charge >= 0.3 is 6.03 Å². The number of methoxy groups -OCH3 is 1. The van der Waals surface area contributed by atoms with Crippen molar-refractivity contribution in [1.82, 2.24) is 20.9 Å². The van der Waals surface area contributed by atoms with Crippen LogP contribution in [0.1, 0.15) is 24.2 Å². The summed E-state index contributed by atoms with van der Waals surface area (Å²) in [4.78, 5) is 27.8. The number of nitrogens with zero attached hydrogens (tertiary/aromatic N) is 1. The zero-order valence-corrected chi connectivity index (χ0v) is 14.1. The van der Waals surface area contributed by atoms with Gasteiger partial charge in [0, 0.05) is 36.8 Å². The predicted octanol–water partition coefficient (Wildman–Crippen LogP) is 1.68. The normalized spacial score (nSPS) is 10.5. The maximum Gasteiger partial charge on any atom is 0.315 e. The van der Waals surface area contributed by atoms with Gasteiger partial charge in [0.05, 0.1) is 18.2 Å². The lowest BCUT2D eigenvalue weighted by Crippen LogP contribution is -2.42. The molecule has 24 heavy (non-hydrogen) atoms. The monoisotopic (exact) mass is 330 g/mol. The molecule has 0 radical (unpaired) electrons. The molecule has 0 aliphatic carbocycles. The van der Waals surface area contributed by atoms with E-state index in [-0.39, 0.29) is 18.0 Å². The fourth-order valence-corrected chi connectivity index (χ4v) is 2.12. The van der Waals surface area contributed by atoms with E-state index >= 15 is 0 Å². The topological polar surface area (TPSA) is 92.4 Å². The number of fused-ring (bicyclic) bond motifs is 1. The summed E-state index contributed by atoms with van der Waals surface area (Å²) in [6.45, 7) is 4.45. The maximum atomic E-state index is 12.1. The molecule has 0 aliphatic heterocycles. The van der Waals surface area contributed by atoms with E-state index in [4.69, 9.17) is 4.74 Å². The molecule has 0 saturated carbocycles. The summed E-state index contributed by atoms with van der Waals surface area (Å²) in [6, 6.07) is 7.09. The largest absolute Gasteiger partial charge is 0.497 e. The van der Waals surface area contributed by atoms with E-state index in [0.29, 0.717) is 18.7 Å². The fourth-order valence-electron chi connectivity index (χ4n) is 2.12. The number of pyridine rings is 1. The highest BCUT2D eigenvalue weighted by molar-refractivity contribution is 5.97. The van der Waals surface area contributed by atoms with Crippen LogP contribution in [-0.2, 0) is 0 Å². The van der Waals surface area contributed by atoms with E-state index in [1.165, 1.54) is 6.20 Å². The number of ether oxygens (including phenoxy) is 1. The summed E-state index contributed by atoms with van der Waals surface area (Å²) in [6.07, 6.45) is 1.52.